The number of Topliss-reactive ketones (excluding diaryl/α,β-unsaturated/α-hetero) is 1. The molecule has 2 aromatic heterocycles. The predicted octanol–water partition coefficient (Wildman–Crippen LogP) is 6.23. The largest absolute Gasteiger partial charge is 0.457 e. The van der Waals surface area contributed by atoms with Gasteiger partial charge in [-0.2, -0.15) is 18.3 Å². The Labute approximate surface area is 225 Å². The molecular weight excluding hydrogens is 513 g/mol. The molecule has 38 heavy (non-hydrogen) atoms. The van der Waals surface area contributed by atoms with Crippen LogP contribution in [0.4, 0.5) is 13.2 Å². The third-order valence-electron chi connectivity index (χ3n) is 8.08. The number of ketones is 1. The van der Waals surface area contributed by atoms with Crippen LogP contribution in [0.2, 0.25) is 0 Å². The Morgan fingerprint density at radius 1 is 1.16 bits per heavy atom. The molecule has 3 aromatic rings. The Morgan fingerprint density at radius 2 is 1.89 bits per heavy atom. The van der Waals surface area contributed by atoms with Crippen molar-refractivity contribution in [1.82, 2.24) is 19.7 Å². The van der Waals surface area contributed by atoms with Gasteiger partial charge in [0, 0.05) is 55.0 Å². The summed E-state index contributed by atoms with van der Waals surface area (Å²) in [4.78, 5) is 20.9. The number of aromatic nitrogens is 3. The van der Waals surface area contributed by atoms with Gasteiger partial charge in [-0.05, 0) is 57.1 Å². The van der Waals surface area contributed by atoms with Gasteiger partial charge >= 0.3 is 6.18 Å². The van der Waals surface area contributed by atoms with Gasteiger partial charge in [0.15, 0.2) is 11.9 Å². The smallest absolute Gasteiger partial charge is 0.425 e. The summed E-state index contributed by atoms with van der Waals surface area (Å²) in [6.07, 6.45) is 3.51. The molecule has 1 atom stereocenters. The maximum absolute atomic E-state index is 13.1. The molecule has 0 radical (unpaired) electrons. The molecule has 206 valence electrons. The van der Waals surface area contributed by atoms with E-state index in [1.165, 1.54) is 11.3 Å². The second kappa shape index (κ2) is 11.3. The first kappa shape index (κ1) is 27.1. The zero-order valence-electron chi connectivity index (χ0n) is 22.0. The van der Waals surface area contributed by atoms with Gasteiger partial charge < -0.3 is 9.64 Å². The Kier molecular flexibility index (Phi) is 8.09. The van der Waals surface area contributed by atoms with Gasteiger partial charge in [-0.1, -0.05) is 36.3 Å². The highest BCUT2D eigenvalue weighted by atomic mass is 32.1. The lowest BCUT2D eigenvalue weighted by Crippen LogP contribution is -2.31. The minimum Gasteiger partial charge on any atom is -0.457 e. The van der Waals surface area contributed by atoms with E-state index in [1.54, 1.807) is 4.68 Å². The summed E-state index contributed by atoms with van der Waals surface area (Å²) in [6.45, 7) is 3.81. The molecule has 0 N–H and O–H groups in total. The number of nitrogens with zero attached hydrogens (tertiary/aromatic N) is 4. The molecule has 1 aliphatic heterocycles. The van der Waals surface area contributed by atoms with Gasteiger partial charge in [0.2, 0.25) is 0 Å². The first-order valence-corrected chi connectivity index (χ1v) is 14.4. The summed E-state index contributed by atoms with van der Waals surface area (Å²) in [7, 11) is 1.88. The summed E-state index contributed by atoms with van der Waals surface area (Å²) in [6, 6.07) is 5.78. The lowest BCUT2D eigenvalue weighted by molar-refractivity contribution is -0.189. The van der Waals surface area contributed by atoms with E-state index in [1.807, 2.05) is 31.4 Å². The lowest BCUT2D eigenvalue weighted by Gasteiger charge is -2.30. The zero-order chi connectivity index (χ0) is 26.9. The lowest BCUT2D eigenvalue weighted by atomic mass is 9.78. The van der Waals surface area contributed by atoms with E-state index >= 15 is 0 Å². The average molecular weight is 549 g/mol. The monoisotopic (exact) mass is 548 g/mol. The van der Waals surface area contributed by atoms with E-state index < -0.39 is 12.3 Å². The molecule has 0 bridgehead atoms. The number of hydrogen-bond donors (Lipinski definition) is 0. The molecular formula is C28H35F3N4O2S. The van der Waals surface area contributed by atoms with E-state index in [9.17, 15) is 18.0 Å². The van der Waals surface area contributed by atoms with Crippen LogP contribution in [0.1, 0.15) is 66.4 Å². The van der Waals surface area contributed by atoms with Crippen LogP contribution in [0.25, 0.3) is 10.9 Å². The quantitative estimate of drug-likeness (QED) is 0.313. The Morgan fingerprint density at radius 3 is 2.66 bits per heavy atom. The highest BCUT2D eigenvalue weighted by molar-refractivity contribution is 7.13. The van der Waals surface area contributed by atoms with E-state index in [0.717, 1.165) is 98.5 Å². The predicted molar refractivity (Wildman–Crippen MR) is 142 cm³/mol. The third kappa shape index (κ3) is 6.39. The number of carbonyl (C=O) groups excluding carboxylic acids is 1. The number of aryl methyl sites for hydroxylation is 1. The van der Waals surface area contributed by atoms with Gasteiger partial charge in [-0.25, -0.2) is 4.98 Å². The second-order valence-corrected chi connectivity index (χ2v) is 11.9. The highest BCUT2D eigenvalue weighted by Gasteiger charge is 2.39. The number of ether oxygens (including phenoxy) is 1. The summed E-state index contributed by atoms with van der Waals surface area (Å²) >= 11 is 1.25. The van der Waals surface area contributed by atoms with Gasteiger partial charge in [0.25, 0.3) is 5.19 Å². The Balaban J connectivity index is 1.05. The van der Waals surface area contributed by atoms with E-state index in [2.05, 4.69) is 15.0 Å². The van der Waals surface area contributed by atoms with Crippen molar-refractivity contribution < 1.29 is 22.7 Å². The molecule has 6 nitrogen and oxygen atoms in total. The molecule has 0 amide bonds. The number of hydrogen-bond acceptors (Lipinski definition) is 6. The van der Waals surface area contributed by atoms with E-state index in [-0.39, 0.29) is 11.0 Å². The number of rotatable bonds is 8. The first-order chi connectivity index (χ1) is 18.2. The number of halogens is 3. The third-order valence-corrected chi connectivity index (χ3v) is 9.12. The van der Waals surface area contributed by atoms with Gasteiger partial charge in [-0.15, -0.1) is 0 Å². The fraction of sp³-hybridized carbons (Fsp3) is 0.607. The van der Waals surface area contributed by atoms with Crippen LogP contribution in [-0.4, -0.2) is 57.4 Å². The number of thiazole rings is 1. The summed E-state index contributed by atoms with van der Waals surface area (Å²) in [5, 5.41) is 5.49. The molecule has 0 unspecified atom stereocenters. The van der Waals surface area contributed by atoms with Crippen LogP contribution < -0.4 is 4.74 Å². The van der Waals surface area contributed by atoms with Gasteiger partial charge in [-0.3, -0.25) is 9.48 Å². The van der Waals surface area contributed by atoms with Crippen LogP contribution >= 0.6 is 11.3 Å². The minimum absolute atomic E-state index is 0.126. The molecule has 10 heteroatoms. The van der Waals surface area contributed by atoms with Crippen LogP contribution in [0, 0.1) is 11.8 Å². The van der Waals surface area contributed by atoms with Crippen molar-refractivity contribution in [3.05, 3.63) is 40.5 Å². The Bertz CT molecular complexity index is 1240. The molecule has 1 aromatic carbocycles. The SMILES string of the molecule is C[C@@H](Oc1nc2c(s1)CCN(CCC1CCC(CC(=O)c3cccc4nn(C)cc34)CC1)CC2)C(F)(F)F. The normalized spacial score (nSPS) is 21.7. The van der Waals surface area contributed by atoms with Crippen LogP contribution in [0.5, 0.6) is 5.19 Å². The molecule has 2 aliphatic rings. The maximum atomic E-state index is 13.1. The van der Waals surface area contributed by atoms with Crippen molar-refractivity contribution in [2.45, 2.75) is 70.6 Å². The highest BCUT2D eigenvalue weighted by Crippen LogP contribution is 2.35. The molecule has 0 spiro atoms. The van der Waals surface area contributed by atoms with Crippen molar-refractivity contribution in [3.63, 3.8) is 0 Å². The molecule has 5 rings (SSSR count). The molecule has 1 fully saturated rings. The fourth-order valence-corrected chi connectivity index (χ4v) is 6.76. The number of carbonyl (C=O) groups is 1. The van der Waals surface area contributed by atoms with Gasteiger partial charge in [0.1, 0.15) is 0 Å². The van der Waals surface area contributed by atoms with Crippen molar-refractivity contribution >= 4 is 28.0 Å². The molecule has 0 saturated heterocycles. The summed E-state index contributed by atoms with van der Waals surface area (Å²) in [5.41, 5.74) is 2.54. The van der Waals surface area contributed by atoms with E-state index in [0.29, 0.717) is 18.3 Å². The van der Waals surface area contributed by atoms with Crippen molar-refractivity contribution in [2.24, 2.45) is 18.9 Å². The minimum atomic E-state index is -4.39. The maximum Gasteiger partial charge on any atom is 0.425 e. The first-order valence-electron chi connectivity index (χ1n) is 13.6. The number of benzene rings is 1. The molecule has 1 saturated carbocycles. The van der Waals surface area contributed by atoms with Crippen molar-refractivity contribution in [1.29, 1.82) is 0 Å². The molecule has 3 heterocycles. The average Bonchev–Trinajstić information content (AvgIpc) is 3.39. The fourth-order valence-electron chi connectivity index (χ4n) is 5.74. The molecule has 1 aliphatic carbocycles. The van der Waals surface area contributed by atoms with Crippen molar-refractivity contribution in [2.75, 3.05) is 19.6 Å². The second-order valence-electron chi connectivity index (χ2n) is 10.8. The van der Waals surface area contributed by atoms with Crippen LogP contribution in [-0.2, 0) is 19.9 Å². The standard InChI is InChI=1S/C28H35F3N4O2S/c1-18(28(29,30)31)37-27-32-24-11-14-35(15-12-26(24)38-27)13-10-19-6-8-20(9-7-19)16-25(36)21-4-3-5-23-22(21)17-34(2)33-23/h3-5,17-20H,6-16H2,1-2H3/t18-,19?,20?/m1/s1. The van der Waals surface area contributed by atoms with Gasteiger partial charge in [0.05, 0.1) is 11.2 Å². The van der Waals surface area contributed by atoms with Crippen molar-refractivity contribution in [3.8, 4) is 5.19 Å². The Hall–Kier alpha value is -2.46. The van der Waals surface area contributed by atoms with Crippen LogP contribution in [0.3, 0.4) is 0 Å². The van der Waals surface area contributed by atoms with E-state index in [4.69, 9.17) is 4.74 Å². The zero-order valence-corrected chi connectivity index (χ0v) is 22.8. The summed E-state index contributed by atoms with van der Waals surface area (Å²) < 4.78 is 45.2. The summed E-state index contributed by atoms with van der Waals surface area (Å²) in [5.74, 6) is 1.35. The number of fused-ring (bicyclic) bond motifs is 2. The number of alkyl halides is 3. The van der Waals surface area contributed by atoms with Crippen LogP contribution in [0.15, 0.2) is 24.4 Å². The topological polar surface area (TPSA) is 60.2 Å².